The van der Waals surface area contributed by atoms with Gasteiger partial charge >= 0.3 is 29.6 Å². The molecule has 2 nitrogen and oxygen atoms in total. The summed E-state index contributed by atoms with van der Waals surface area (Å²) in [5.41, 5.74) is 0. The molecule has 0 aliphatic carbocycles. The Kier molecular flexibility index (Phi) is 22.7. The van der Waals surface area contributed by atoms with Crippen molar-refractivity contribution in [2.45, 2.75) is 0 Å². The molecule has 0 heterocycles. The fourth-order valence-corrected chi connectivity index (χ4v) is 0. The van der Waals surface area contributed by atoms with Crippen molar-refractivity contribution in [2.75, 3.05) is 5.88 Å². The molecular formula is C2H3Cl2NaO2. The molecule has 0 atom stereocenters. The summed E-state index contributed by atoms with van der Waals surface area (Å²) in [4.78, 5) is 9.12. The van der Waals surface area contributed by atoms with Crippen molar-refractivity contribution in [3.63, 3.8) is 0 Å². The molecule has 0 radical (unpaired) electrons. The maximum absolute atomic E-state index is 9.12. The minimum Gasteiger partial charge on any atom is -0.549 e. The van der Waals surface area contributed by atoms with Crippen LogP contribution in [0, 0.1) is 0 Å². The maximum Gasteiger partial charge on any atom is 1.00 e. The van der Waals surface area contributed by atoms with Crippen molar-refractivity contribution < 1.29 is 39.5 Å². The molecule has 0 aromatic carbocycles. The summed E-state index contributed by atoms with van der Waals surface area (Å²) in [6.45, 7) is 0. The summed E-state index contributed by atoms with van der Waals surface area (Å²) in [5.74, 6) is -1.65. The number of aliphatic carboxylic acids is 1. The minimum absolute atomic E-state index is 0. The summed E-state index contributed by atoms with van der Waals surface area (Å²) in [5, 5.41) is 9.12. The number of carbonyl (C=O) groups is 1. The average molecular weight is 153 g/mol. The first-order valence-electron chi connectivity index (χ1n) is 1.03. The third-order valence-electron chi connectivity index (χ3n) is 0.109. The van der Waals surface area contributed by atoms with Crippen molar-refractivity contribution in [3.8, 4) is 0 Å². The Labute approximate surface area is 74.9 Å². The second-order valence-electron chi connectivity index (χ2n) is 0.506. The molecule has 0 spiro atoms. The first-order chi connectivity index (χ1) is 2.27. The molecule has 0 unspecified atom stereocenters. The standard InChI is InChI=1S/C2H3ClO2.ClH.Na/c3-1-2(4)5;;/h1H2,(H,4,5);1H;/q;;+1/p-1. The van der Waals surface area contributed by atoms with Crippen molar-refractivity contribution in [2.24, 2.45) is 0 Å². The SMILES string of the molecule is Cl.O=C([O-])CCl.[Na+]. The third kappa shape index (κ3) is 19.3. The van der Waals surface area contributed by atoms with Gasteiger partial charge in [-0.2, -0.15) is 0 Å². The minimum atomic E-state index is -1.23. The predicted molar refractivity (Wildman–Crippen MR) is 23.0 cm³/mol. The number of carbonyl (C=O) groups excluding carboxylic acids is 1. The summed E-state index contributed by atoms with van der Waals surface area (Å²) < 4.78 is 0. The Bertz CT molecular complexity index is 49.0. The molecular weight excluding hydrogens is 150 g/mol. The zero-order valence-electron chi connectivity index (χ0n) is 3.81. The maximum atomic E-state index is 9.12. The summed E-state index contributed by atoms with van der Waals surface area (Å²) in [7, 11) is 0. The second kappa shape index (κ2) is 10.1. The van der Waals surface area contributed by atoms with Crippen LogP contribution in [0.25, 0.3) is 0 Å². The van der Waals surface area contributed by atoms with Gasteiger partial charge in [-0.3, -0.25) is 0 Å². The van der Waals surface area contributed by atoms with E-state index < -0.39 is 11.8 Å². The molecule has 0 aliphatic heterocycles. The summed E-state index contributed by atoms with van der Waals surface area (Å²) in [6.07, 6.45) is 0. The number of carboxylic acid groups (broad SMARTS) is 1. The van der Waals surface area contributed by atoms with Gasteiger partial charge in [0.1, 0.15) is 0 Å². The molecule has 0 aromatic rings. The predicted octanol–water partition coefficient (Wildman–Crippen LogP) is -3.60. The van der Waals surface area contributed by atoms with Crippen LogP contribution in [-0.4, -0.2) is 11.8 Å². The molecule has 5 heteroatoms. The van der Waals surface area contributed by atoms with Gasteiger partial charge in [-0.25, -0.2) is 0 Å². The third-order valence-corrected chi connectivity index (χ3v) is 0.327. The van der Waals surface area contributed by atoms with Gasteiger partial charge < -0.3 is 9.90 Å². The molecule has 0 rings (SSSR count). The molecule has 0 saturated heterocycles. The molecule has 7 heavy (non-hydrogen) atoms. The Morgan fingerprint density at radius 1 is 1.71 bits per heavy atom. The Morgan fingerprint density at radius 2 is 1.86 bits per heavy atom. The zero-order chi connectivity index (χ0) is 4.28. The Balaban J connectivity index is -0.0000000800. The number of halogens is 2. The topological polar surface area (TPSA) is 40.1 Å². The average Bonchev–Trinajstić information content (AvgIpc) is 1.38. The van der Waals surface area contributed by atoms with E-state index in [9.17, 15) is 0 Å². The van der Waals surface area contributed by atoms with Crippen LogP contribution in [0.3, 0.4) is 0 Å². The van der Waals surface area contributed by atoms with Gasteiger partial charge in [0.2, 0.25) is 0 Å². The van der Waals surface area contributed by atoms with Crippen LogP contribution in [0.1, 0.15) is 0 Å². The number of hydrogen-bond acceptors (Lipinski definition) is 2. The van der Waals surface area contributed by atoms with E-state index in [0.717, 1.165) is 0 Å². The van der Waals surface area contributed by atoms with Crippen molar-refractivity contribution in [1.29, 1.82) is 0 Å². The number of carboxylic acids is 1. The van der Waals surface area contributed by atoms with Gasteiger partial charge in [-0.15, -0.1) is 24.0 Å². The molecule has 0 fully saturated rings. The number of alkyl halides is 1. The van der Waals surface area contributed by atoms with E-state index in [1.54, 1.807) is 0 Å². The van der Waals surface area contributed by atoms with Gasteiger partial charge in [0.15, 0.2) is 0 Å². The first-order valence-corrected chi connectivity index (χ1v) is 1.56. The molecule has 0 aliphatic rings. The second-order valence-corrected chi connectivity index (χ2v) is 0.773. The largest absolute Gasteiger partial charge is 1.00 e. The smallest absolute Gasteiger partial charge is 0.549 e. The van der Waals surface area contributed by atoms with E-state index in [1.165, 1.54) is 0 Å². The number of hydrogen-bond donors (Lipinski definition) is 0. The molecule has 0 saturated carbocycles. The molecule has 38 valence electrons. The quantitative estimate of drug-likeness (QED) is 0.288. The van der Waals surface area contributed by atoms with Crippen LogP contribution in [-0.2, 0) is 4.79 Å². The molecule has 0 N–H and O–H groups in total. The van der Waals surface area contributed by atoms with E-state index in [1.807, 2.05) is 0 Å². The molecule has 0 amide bonds. The Hall–Kier alpha value is 1.05. The van der Waals surface area contributed by atoms with Crippen molar-refractivity contribution in [1.82, 2.24) is 0 Å². The van der Waals surface area contributed by atoms with Crippen LogP contribution < -0.4 is 34.7 Å². The van der Waals surface area contributed by atoms with E-state index in [0.29, 0.717) is 0 Å². The van der Waals surface area contributed by atoms with Crippen LogP contribution in [0.5, 0.6) is 0 Å². The van der Waals surface area contributed by atoms with E-state index in [4.69, 9.17) is 9.90 Å². The van der Waals surface area contributed by atoms with Crippen LogP contribution in [0.15, 0.2) is 0 Å². The van der Waals surface area contributed by atoms with E-state index >= 15 is 0 Å². The van der Waals surface area contributed by atoms with Crippen LogP contribution in [0.4, 0.5) is 0 Å². The first kappa shape index (κ1) is 15.7. The normalized spacial score (nSPS) is 5.29. The fraction of sp³-hybridized carbons (Fsp3) is 0.500. The van der Waals surface area contributed by atoms with Crippen LogP contribution in [0.2, 0.25) is 0 Å². The van der Waals surface area contributed by atoms with Crippen LogP contribution >= 0.6 is 24.0 Å². The van der Waals surface area contributed by atoms with Gasteiger partial charge in [0, 0.05) is 0 Å². The number of rotatable bonds is 1. The fourth-order valence-electron chi connectivity index (χ4n) is 0. The van der Waals surface area contributed by atoms with E-state index in [2.05, 4.69) is 11.6 Å². The van der Waals surface area contributed by atoms with Gasteiger partial charge in [0.05, 0.1) is 11.8 Å². The van der Waals surface area contributed by atoms with Gasteiger partial charge in [-0.1, -0.05) is 0 Å². The molecule has 0 bridgehead atoms. The summed E-state index contributed by atoms with van der Waals surface area (Å²) in [6, 6.07) is 0. The van der Waals surface area contributed by atoms with Crippen molar-refractivity contribution in [3.05, 3.63) is 0 Å². The van der Waals surface area contributed by atoms with Gasteiger partial charge in [-0.05, 0) is 0 Å². The van der Waals surface area contributed by atoms with Crippen molar-refractivity contribution >= 4 is 30.0 Å². The Morgan fingerprint density at radius 3 is 1.86 bits per heavy atom. The van der Waals surface area contributed by atoms with Gasteiger partial charge in [0.25, 0.3) is 0 Å². The zero-order valence-corrected chi connectivity index (χ0v) is 7.38. The monoisotopic (exact) mass is 152 g/mol. The van der Waals surface area contributed by atoms with E-state index in [-0.39, 0.29) is 42.0 Å². The molecule has 0 aromatic heterocycles. The summed E-state index contributed by atoms with van der Waals surface area (Å²) >= 11 is 4.67.